The van der Waals surface area contributed by atoms with E-state index in [2.05, 4.69) is 23.2 Å². The second-order valence-electron chi connectivity index (χ2n) is 10.1. The van der Waals surface area contributed by atoms with Gasteiger partial charge in [0, 0.05) is 28.1 Å². The first-order chi connectivity index (χ1) is 16.9. The van der Waals surface area contributed by atoms with Gasteiger partial charge in [0.05, 0.1) is 20.5 Å². The molecule has 6 heteroatoms. The quantitative estimate of drug-likeness (QED) is 0.221. The molecule has 5 rings (SSSR count). The van der Waals surface area contributed by atoms with Crippen LogP contribution >= 0.6 is 11.3 Å². The number of nitrogens with zero attached hydrogens (tertiary/aromatic N) is 1. The molecule has 0 amide bonds. The Bertz CT molecular complexity index is 1570. The van der Waals surface area contributed by atoms with Crippen LogP contribution < -0.4 is 0 Å². The molecule has 2 heterocycles. The largest absolute Gasteiger partial charge is 0.394 e. The Kier molecular flexibility index (Phi) is 5.91. The van der Waals surface area contributed by atoms with Crippen molar-refractivity contribution in [2.75, 3.05) is 0 Å². The van der Waals surface area contributed by atoms with Crippen LogP contribution in [0.15, 0.2) is 66.9 Å². The van der Waals surface area contributed by atoms with E-state index in [1.165, 1.54) is 25.2 Å². The maximum absolute atomic E-state index is 15.8. The van der Waals surface area contributed by atoms with E-state index < -0.39 is 11.6 Å². The molecule has 0 unspecified atom stereocenters. The van der Waals surface area contributed by atoms with E-state index in [0.717, 1.165) is 37.9 Å². The van der Waals surface area contributed by atoms with Gasteiger partial charge in [0.15, 0.2) is 0 Å². The summed E-state index contributed by atoms with van der Waals surface area (Å²) in [6, 6.07) is 18.5. The lowest BCUT2D eigenvalue weighted by atomic mass is 9.84. The highest BCUT2D eigenvalue weighted by Gasteiger charge is 2.46. The van der Waals surface area contributed by atoms with E-state index in [1.807, 2.05) is 26.0 Å². The average Bonchev–Trinajstić information content (AvgIpc) is 3.18. The number of hydrogen-bond donors (Lipinski definition) is 0. The Labute approximate surface area is 211 Å². The van der Waals surface area contributed by atoms with Gasteiger partial charge in [-0.3, -0.25) is 4.98 Å². The molecule has 5 aromatic rings. The monoisotopic (exact) mass is 507 g/mol. The molecule has 0 aliphatic heterocycles. The third-order valence-corrected chi connectivity index (χ3v) is 7.89. The molecule has 0 N–H and O–H groups in total. The van der Waals surface area contributed by atoms with Gasteiger partial charge >= 0.3 is 6.18 Å². The molecule has 0 saturated heterocycles. The molecular formula is C30H25F4NS. The summed E-state index contributed by atoms with van der Waals surface area (Å²) in [6.07, 6.45) is -2.67. The fraction of sp³-hybridized carbons (Fsp3) is 0.233. The molecule has 0 spiro atoms. The van der Waals surface area contributed by atoms with Crippen LogP contribution in [0, 0.1) is 25.1 Å². The number of rotatable bonds is 4. The van der Waals surface area contributed by atoms with Gasteiger partial charge < -0.3 is 0 Å². The molecule has 36 heavy (non-hydrogen) atoms. The Morgan fingerprint density at radius 1 is 0.778 bits per heavy atom. The molecule has 0 aliphatic carbocycles. The third kappa shape index (κ3) is 4.28. The highest BCUT2D eigenvalue weighted by molar-refractivity contribution is 7.26. The van der Waals surface area contributed by atoms with E-state index in [4.69, 9.17) is 0 Å². The number of aryl methyl sites for hydroxylation is 2. The number of aromatic nitrogens is 1. The number of fused-ring (bicyclic) bond motifs is 3. The molecule has 0 bridgehead atoms. The molecule has 184 valence electrons. The summed E-state index contributed by atoms with van der Waals surface area (Å²) in [6.45, 7) is 6.47. The second-order valence-corrected chi connectivity index (χ2v) is 11.1. The molecule has 0 aliphatic rings. The smallest absolute Gasteiger partial charge is 0.255 e. The highest BCUT2D eigenvalue weighted by Crippen LogP contribution is 2.43. The van der Waals surface area contributed by atoms with Gasteiger partial charge in [0.1, 0.15) is 5.82 Å². The number of pyridine rings is 1. The highest BCUT2D eigenvalue weighted by atomic mass is 32.1. The predicted octanol–water partition coefficient (Wildman–Crippen LogP) is 9.67. The Morgan fingerprint density at radius 3 is 2.06 bits per heavy atom. The van der Waals surface area contributed by atoms with Crippen molar-refractivity contribution in [3.63, 3.8) is 0 Å². The Morgan fingerprint density at radius 2 is 1.42 bits per heavy atom. The maximum Gasteiger partial charge on any atom is 0.394 e. The van der Waals surface area contributed by atoms with Crippen LogP contribution in [0.2, 0.25) is 0 Å². The zero-order valence-corrected chi connectivity index (χ0v) is 21.2. The molecule has 0 saturated carbocycles. The zero-order valence-electron chi connectivity index (χ0n) is 20.4. The minimum absolute atomic E-state index is 0.136. The van der Waals surface area contributed by atoms with Crippen LogP contribution in [0.1, 0.15) is 30.5 Å². The van der Waals surface area contributed by atoms with E-state index >= 15 is 4.39 Å². The van der Waals surface area contributed by atoms with E-state index in [9.17, 15) is 13.2 Å². The van der Waals surface area contributed by atoms with Gasteiger partial charge in [-0.15, -0.1) is 11.3 Å². The number of thiophene rings is 1. The summed E-state index contributed by atoms with van der Waals surface area (Å²) in [5.74, 6) is -0.330. The lowest BCUT2D eigenvalue weighted by Gasteiger charge is -2.27. The van der Waals surface area contributed by atoms with Crippen molar-refractivity contribution in [2.45, 2.75) is 40.3 Å². The Hall–Kier alpha value is -3.25. The average molecular weight is 508 g/mol. The van der Waals surface area contributed by atoms with Crippen molar-refractivity contribution >= 4 is 31.5 Å². The van der Waals surface area contributed by atoms with Crippen LogP contribution in [0.25, 0.3) is 42.6 Å². The lowest BCUT2D eigenvalue weighted by Crippen LogP contribution is -2.34. The fourth-order valence-corrected chi connectivity index (χ4v) is 5.93. The van der Waals surface area contributed by atoms with E-state index in [-0.39, 0.29) is 12.2 Å². The number of hydrogen-bond acceptors (Lipinski definition) is 2. The van der Waals surface area contributed by atoms with E-state index in [1.54, 1.807) is 36.5 Å². The Balaban J connectivity index is 1.57. The van der Waals surface area contributed by atoms with Gasteiger partial charge in [-0.2, -0.15) is 13.2 Å². The van der Waals surface area contributed by atoms with Gasteiger partial charge in [-0.25, -0.2) is 4.39 Å². The topological polar surface area (TPSA) is 12.9 Å². The summed E-state index contributed by atoms with van der Waals surface area (Å²) in [4.78, 5) is 4.63. The standard InChI is InChI=1S/C30H25F4NS/c1-17-13-18(2)15-21(14-17)26-28-24(11-12-35-26)23-10-9-22(25(31)27(23)36-28)20-7-5-19(6-8-20)16-29(3,4)30(32,33)34/h5-15H,16H2,1-4H3. The summed E-state index contributed by atoms with van der Waals surface area (Å²) in [7, 11) is 0. The minimum atomic E-state index is -4.30. The number of alkyl halides is 3. The molecule has 0 fully saturated rings. The molecule has 1 nitrogen and oxygen atoms in total. The zero-order chi connectivity index (χ0) is 25.8. The van der Waals surface area contributed by atoms with Crippen LogP contribution in [-0.4, -0.2) is 11.2 Å². The fourth-order valence-electron chi connectivity index (χ4n) is 4.69. The van der Waals surface area contributed by atoms with Crippen molar-refractivity contribution in [2.24, 2.45) is 5.41 Å². The minimum Gasteiger partial charge on any atom is -0.255 e. The molecule has 3 aromatic carbocycles. The van der Waals surface area contributed by atoms with Crippen LogP contribution in [0.5, 0.6) is 0 Å². The first-order valence-electron chi connectivity index (χ1n) is 11.7. The van der Waals surface area contributed by atoms with Crippen molar-refractivity contribution < 1.29 is 17.6 Å². The summed E-state index contributed by atoms with van der Waals surface area (Å²) in [5.41, 5.74) is 3.90. The van der Waals surface area contributed by atoms with Crippen molar-refractivity contribution in [1.82, 2.24) is 4.98 Å². The van der Waals surface area contributed by atoms with Crippen molar-refractivity contribution in [3.05, 3.63) is 89.4 Å². The maximum atomic E-state index is 15.8. The molecule has 0 atom stereocenters. The van der Waals surface area contributed by atoms with Gasteiger partial charge in [0.25, 0.3) is 0 Å². The number of benzene rings is 3. The molecule has 2 aromatic heterocycles. The SMILES string of the molecule is Cc1cc(C)cc(-c2nccc3c2sc2c(F)c(-c4ccc(CC(C)(C)C(F)(F)F)cc4)ccc23)c1. The lowest BCUT2D eigenvalue weighted by molar-refractivity contribution is -0.211. The first kappa shape index (κ1) is 24.4. The molecular weight excluding hydrogens is 482 g/mol. The summed E-state index contributed by atoms with van der Waals surface area (Å²) < 4.78 is 57.1. The van der Waals surface area contributed by atoms with Gasteiger partial charge in [-0.1, -0.05) is 67.4 Å². The summed E-state index contributed by atoms with van der Waals surface area (Å²) >= 11 is 1.38. The van der Waals surface area contributed by atoms with Gasteiger partial charge in [-0.05, 0) is 49.6 Å². The number of halogens is 4. The van der Waals surface area contributed by atoms with Crippen LogP contribution in [0.3, 0.4) is 0 Å². The van der Waals surface area contributed by atoms with E-state index in [0.29, 0.717) is 21.4 Å². The molecule has 0 radical (unpaired) electrons. The van der Waals surface area contributed by atoms with Crippen LogP contribution in [0.4, 0.5) is 17.6 Å². The normalized spacial score (nSPS) is 12.6. The van der Waals surface area contributed by atoms with Crippen molar-refractivity contribution in [3.8, 4) is 22.4 Å². The first-order valence-corrected chi connectivity index (χ1v) is 12.5. The predicted molar refractivity (Wildman–Crippen MR) is 141 cm³/mol. The van der Waals surface area contributed by atoms with Crippen molar-refractivity contribution in [1.29, 1.82) is 0 Å². The van der Waals surface area contributed by atoms with Crippen LogP contribution in [-0.2, 0) is 6.42 Å². The summed E-state index contributed by atoms with van der Waals surface area (Å²) in [5, 5.41) is 1.78. The second kappa shape index (κ2) is 8.70. The van der Waals surface area contributed by atoms with Gasteiger partial charge in [0.2, 0.25) is 0 Å². The third-order valence-electron chi connectivity index (χ3n) is 6.67.